The van der Waals surface area contributed by atoms with Gasteiger partial charge in [-0.1, -0.05) is 24.3 Å². The van der Waals surface area contributed by atoms with Gasteiger partial charge in [0.05, 0.1) is 13.2 Å². The Bertz CT molecular complexity index is 1110. The minimum absolute atomic E-state index is 0.0393. The fraction of sp³-hybridized carbons (Fsp3) is 0.292. The number of nitrogens with one attached hydrogen (secondary N) is 3. The molecule has 0 spiro atoms. The number of imidazole rings is 1. The van der Waals surface area contributed by atoms with Crippen molar-refractivity contribution in [2.75, 3.05) is 13.2 Å². The van der Waals surface area contributed by atoms with Crippen molar-refractivity contribution in [3.05, 3.63) is 83.2 Å². The first-order chi connectivity index (χ1) is 15.9. The molecule has 0 saturated heterocycles. The van der Waals surface area contributed by atoms with Gasteiger partial charge in [0.15, 0.2) is 0 Å². The highest BCUT2D eigenvalue weighted by Gasteiger charge is 2.03. The van der Waals surface area contributed by atoms with Gasteiger partial charge in [-0.05, 0) is 42.7 Å². The number of hydrogen-bond donors (Lipinski definition) is 5. The number of nitrogens with zero attached hydrogens (tertiary/aromatic N) is 2. The molecule has 0 fully saturated rings. The zero-order valence-corrected chi connectivity index (χ0v) is 18.6. The SMILES string of the molecule is N=C(N)c1ccc(COCCCn2ccn(CCCOc3ccc(C(=N)N)cc3)c2=N)cc1. The van der Waals surface area contributed by atoms with Gasteiger partial charge in [-0.3, -0.25) is 16.2 Å². The van der Waals surface area contributed by atoms with Crippen LogP contribution in [0.1, 0.15) is 29.5 Å². The molecule has 0 aliphatic rings. The summed E-state index contributed by atoms with van der Waals surface area (Å²) < 4.78 is 15.3. The molecule has 0 saturated carbocycles. The molecule has 0 radical (unpaired) electrons. The molecule has 174 valence electrons. The van der Waals surface area contributed by atoms with Crippen molar-refractivity contribution in [2.45, 2.75) is 32.5 Å². The molecular weight excluding hydrogens is 418 g/mol. The van der Waals surface area contributed by atoms with Crippen LogP contribution >= 0.6 is 0 Å². The van der Waals surface area contributed by atoms with Gasteiger partial charge in [0, 0.05) is 43.2 Å². The number of nitrogens with two attached hydrogens (primary N) is 2. The molecule has 0 aliphatic carbocycles. The van der Waals surface area contributed by atoms with Crippen LogP contribution in [0.3, 0.4) is 0 Å². The summed E-state index contributed by atoms with van der Waals surface area (Å²) in [6, 6.07) is 14.6. The summed E-state index contributed by atoms with van der Waals surface area (Å²) in [5, 5.41) is 23.2. The molecule has 1 heterocycles. The number of aryl methyl sites for hydroxylation is 2. The highest BCUT2D eigenvalue weighted by Crippen LogP contribution is 2.12. The fourth-order valence-corrected chi connectivity index (χ4v) is 3.29. The van der Waals surface area contributed by atoms with Crippen LogP contribution in [-0.4, -0.2) is 34.0 Å². The van der Waals surface area contributed by atoms with E-state index in [0.29, 0.717) is 49.7 Å². The Morgan fingerprint density at radius 2 is 1.27 bits per heavy atom. The van der Waals surface area contributed by atoms with Gasteiger partial charge in [0.25, 0.3) is 0 Å². The molecular formula is C24H31N7O2. The van der Waals surface area contributed by atoms with E-state index in [1.54, 1.807) is 24.3 Å². The third-order valence-corrected chi connectivity index (χ3v) is 5.17. The quantitative estimate of drug-likeness (QED) is 0.155. The number of ether oxygens (including phenoxy) is 2. The molecule has 0 aliphatic heterocycles. The zero-order chi connectivity index (χ0) is 23.6. The van der Waals surface area contributed by atoms with Crippen LogP contribution in [0.2, 0.25) is 0 Å². The summed E-state index contributed by atoms with van der Waals surface area (Å²) in [6.07, 6.45) is 5.43. The van der Waals surface area contributed by atoms with Crippen molar-refractivity contribution in [1.29, 1.82) is 16.2 Å². The zero-order valence-electron chi connectivity index (χ0n) is 18.6. The Labute approximate surface area is 193 Å². The van der Waals surface area contributed by atoms with E-state index >= 15 is 0 Å². The highest BCUT2D eigenvalue weighted by molar-refractivity contribution is 5.95. The van der Waals surface area contributed by atoms with E-state index in [-0.39, 0.29) is 11.7 Å². The second-order valence-corrected chi connectivity index (χ2v) is 7.67. The molecule has 9 heteroatoms. The molecule has 3 rings (SSSR count). The third kappa shape index (κ3) is 7.08. The lowest BCUT2D eigenvalue weighted by Gasteiger charge is -2.08. The van der Waals surface area contributed by atoms with Crippen molar-refractivity contribution in [3.63, 3.8) is 0 Å². The average Bonchev–Trinajstić information content (AvgIpc) is 3.16. The van der Waals surface area contributed by atoms with E-state index in [0.717, 1.165) is 24.2 Å². The molecule has 1 aromatic heterocycles. The van der Waals surface area contributed by atoms with Crippen LogP contribution in [0, 0.1) is 16.2 Å². The Morgan fingerprint density at radius 3 is 1.82 bits per heavy atom. The van der Waals surface area contributed by atoms with Gasteiger partial charge in [0.2, 0.25) is 5.62 Å². The minimum Gasteiger partial charge on any atom is -0.494 e. The van der Waals surface area contributed by atoms with E-state index in [9.17, 15) is 0 Å². The largest absolute Gasteiger partial charge is 0.494 e. The standard InChI is InChI=1S/C24H31N7O2/c25-22(26)19-5-3-18(4-6-19)17-32-15-1-11-30-13-14-31(24(30)29)12-2-16-33-21-9-7-20(8-10-21)23(27)28/h3-10,13-14,29H,1-2,11-12,15-17H2,(H3,25,26)(H3,27,28). The van der Waals surface area contributed by atoms with Gasteiger partial charge < -0.3 is 30.1 Å². The van der Waals surface area contributed by atoms with Crippen molar-refractivity contribution in [2.24, 2.45) is 11.5 Å². The van der Waals surface area contributed by atoms with Gasteiger partial charge in [-0.25, -0.2) is 0 Å². The van der Waals surface area contributed by atoms with E-state index in [1.165, 1.54) is 0 Å². The number of aromatic nitrogens is 2. The average molecular weight is 450 g/mol. The Kier molecular flexibility index (Phi) is 8.43. The van der Waals surface area contributed by atoms with Gasteiger partial charge in [0.1, 0.15) is 17.4 Å². The van der Waals surface area contributed by atoms with Gasteiger partial charge in [-0.15, -0.1) is 0 Å². The molecule has 33 heavy (non-hydrogen) atoms. The Morgan fingerprint density at radius 1 is 0.758 bits per heavy atom. The van der Waals surface area contributed by atoms with Crippen LogP contribution < -0.4 is 21.8 Å². The van der Waals surface area contributed by atoms with Crippen LogP contribution in [-0.2, 0) is 24.4 Å². The first-order valence-electron chi connectivity index (χ1n) is 10.8. The number of rotatable bonds is 13. The van der Waals surface area contributed by atoms with Crippen molar-refractivity contribution in [1.82, 2.24) is 9.13 Å². The van der Waals surface area contributed by atoms with Crippen LogP contribution in [0.15, 0.2) is 60.9 Å². The normalized spacial score (nSPS) is 10.8. The number of nitrogen functional groups attached to an aromatic ring is 2. The maximum atomic E-state index is 8.34. The molecule has 0 amide bonds. The summed E-state index contributed by atoms with van der Waals surface area (Å²) in [4.78, 5) is 0. The topological polar surface area (TPSA) is 152 Å². The maximum absolute atomic E-state index is 8.34. The first-order valence-corrected chi connectivity index (χ1v) is 10.8. The molecule has 7 N–H and O–H groups in total. The first kappa shape index (κ1) is 23.8. The van der Waals surface area contributed by atoms with E-state index in [4.69, 9.17) is 37.2 Å². The second kappa shape index (κ2) is 11.7. The summed E-state index contributed by atoms with van der Waals surface area (Å²) >= 11 is 0. The molecule has 9 nitrogen and oxygen atoms in total. The summed E-state index contributed by atoms with van der Waals surface area (Å²) in [7, 11) is 0. The third-order valence-electron chi connectivity index (χ3n) is 5.17. The molecule has 0 bridgehead atoms. The Hall–Kier alpha value is -3.85. The van der Waals surface area contributed by atoms with E-state index < -0.39 is 0 Å². The lowest BCUT2D eigenvalue weighted by Crippen LogP contribution is -2.25. The smallest absolute Gasteiger partial charge is 0.202 e. The van der Waals surface area contributed by atoms with Gasteiger partial charge in [-0.2, -0.15) is 0 Å². The maximum Gasteiger partial charge on any atom is 0.202 e. The highest BCUT2D eigenvalue weighted by atomic mass is 16.5. The van der Waals surface area contributed by atoms with Crippen molar-refractivity contribution >= 4 is 11.7 Å². The monoisotopic (exact) mass is 449 g/mol. The fourth-order valence-electron chi connectivity index (χ4n) is 3.29. The summed E-state index contributed by atoms with van der Waals surface area (Å²) in [5.41, 5.74) is 13.8. The predicted molar refractivity (Wildman–Crippen MR) is 128 cm³/mol. The van der Waals surface area contributed by atoms with E-state index in [2.05, 4.69) is 0 Å². The number of hydrogen-bond acceptors (Lipinski definition) is 5. The lowest BCUT2D eigenvalue weighted by molar-refractivity contribution is 0.115. The molecule has 0 atom stereocenters. The lowest BCUT2D eigenvalue weighted by atomic mass is 10.1. The molecule has 3 aromatic rings. The minimum atomic E-state index is 0.0393. The van der Waals surface area contributed by atoms with Crippen LogP contribution in [0.4, 0.5) is 0 Å². The number of amidine groups is 2. The summed E-state index contributed by atoms with van der Waals surface area (Å²) in [6.45, 7) is 3.06. The number of benzene rings is 2. The molecule has 0 unspecified atom stereocenters. The van der Waals surface area contributed by atoms with Crippen LogP contribution in [0.25, 0.3) is 0 Å². The second-order valence-electron chi connectivity index (χ2n) is 7.67. The van der Waals surface area contributed by atoms with Gasteiger partial charge >= 0.3 is 0 Å². The Balaban J connectivity index is 1.34. The van der Waals surface area contributed by atoms with Crippen LogP contribution in [0.5, 0.6) is 5.75 Å². The van der Waals surface area contributed by atoms with E-state index in [1.807, 2.05) is 45.8 Å². The van der Waals surface area contributed by atoms with Crippen molar-refractivity contribution < 1.29 is 9.47 Å². The molecule has 2 aromatic carbocycles. The summed E-state index contributed by atoms with van der Waals surface area (Å²) in [5.74, 6) is 0.839. The van der Waals surface area contributed by atoms with Crippen molar-refractivity contribution in [3.8, 4) is 5.75 Å². The predicted octanol–water partition coefficient (Wildman–Crippen LogP) is 2.41.